The maximum atomic E-state index is 12.9. The normalized spacial score (nSPS) is 15.0. The van der Waals surface area contributed by atoms with Gasteiger partial charge in [0.15, 0.2) is 11.5 Å². The number of hydrogen-bond donors (Lipinski definition) is 3. The predicted molar refractivity (Wildman–Crippen MR) is 132 cm³/mol. The molecular formula is C26H26N4O5. The topological polar surface area (TPSA) is 103 Å². The highest BCUT2D eigenvalue weighted by Crippen LogP contribution is 2.34. The van der Waals surface area contributed by atoms with Crippen LogP contribution in [0.3, 0.4) is 0 Å². The van der Waals surface area contributed by atoms with Crippen LogP contribution in [0, 0.1) is 0 Å². The standard InChI is InChI=1S/C26H26N4O5/c31-22-8-4-3-7-21(22)30-13-11-29(12-14-30)16-25(32)28-20-6-2-1-5-19(20)26(33)27-18-9-10-23-24(15-18)35-17-34-23/h1-10,15,31H,11-14,16-17H2,(H,27,33)(H,28,32). The Bertz CT molecular complexity index is 1240. The van der Waals surface area contributed by atoms with Crippen LogP contribution in [0.5, 0.6) is 17.2 Å². The van der Waals surface area contributed by atoms with Crippen molar-refractivity contribution < 1.29 is 24.2 Å². The van der Waals surface area contributed by atoms with E-state index >= 15 is 0 Å². The summed E-state index contributed by atoms with van der Waals surface area (Å²) in [6, 6.07) is 19.4. The van der Waals surface area contributed by atoms with E-state index in [1.54, 1.807) is 54.6 Å². The van der Waals surface area contributed by atoms with E-state index in [0.717, 1.165) is 5.69 Å². The largest absolute Gasteiger partial charge is 0.506 e. The minimum absolute atomic E-state index is 0.158. The Morgan fingerprint density at radius 2 is 1.60 bits per heavy atom. The molecule has 3 aromatic rings. The van der Waals surface area contributed by atoms with Crippen molar-refractivity contribution in [2.45, 2.75) is 0 Å². The average Bonchev–Trinajstić information content (AvgIpc) is 3.33. The number of benzene rings is 3. The van der Waals surface area contributed by atoms with Gasteiger partial charge >= 0.3 is 0 Å². The molecular weight excluding hydrogens is 448 g/mol. The van der Waals surface area contributed by atoms with Crippen molar-refractivity contribution in [3.05, 3.63) is 72.3 Å². The fourth-order valence-electron chi connectivity index (χ4n) is 4.23. The van der Waals surface area contributed by atoms with E-state index in [-0.39, 0.29) is 30.9 Å². The molecule has 3 aromatic carbocycles. The van der Waals surface area contributed by atoms with E-state index in [1.807, 2.05) is 12.1 Å². The van der Waals surface area contributed by atoms with Crippen LogP contribution < -0.4 is 25.0 Å². The Kier molecular flexibility index (Phi) is 6.40. The van der Waals surface area contributed by atoms with Gasteiger partial charge in [0.25, 0.3) is 5.91 Å². The molecule has 3 N–H and O–H groups in total. The summed E-state index contributed by atoms with van der Waals surface area (Å²) in [6.07, 6.45) is 0. The fraction of sp³-hybridized carbons (Fsp3) is 0.231. The first-order chi connectivity index (χ1) is 17.1. The van der Waals surface area contributed by atoms with Crippen molar-refractivity contribution in [3.8, 4) is 17.2 Å². The lowest BCUT2D eigenvalue weighted by atomic mass is 10.1. The zero-order valence-corrected chi connectivity index (χ0v) is 19.1. The van der Waals surface area contributed by atoms with Gasteiger partial charge in [0, 0.05) is 37.9 Å². The molecule has 0 spiro atoms. The molecule has 9 nitrogen and oxygen atoms in total. The molecule has 2 aliphatic heterocycles. The van der Waals surface area contributed by atoms with Crippen LogP contribution >= 0.6 is 0 Å². The molecule has 2 amide bonds. The second-order valence-electron chi connectivity index (χ2n) is 8.37. The van der Waals surface area contributed by atoms with Crippen molar-refractivity contribution in [1.29, 1.82) is 0 Å². The van der Waals surface area contributed by atoms with Gasteiger partial charge in [-0.25, -0.2) is 0 Å². The van der Waals surface area contributed by atoms with Crippen molar-refractivity contribution >= 4 is 28.9 Å². The first-order valence-electron chi connectivity index (χ1n) is 11.4. The minimum Gasteiger partial charge on any atom is -0.506 e. The summed E-state index contributed by atoms with van der Waals surface area (Å²) in [5.41, 5.74) is 2.19. The molecule has 0 bridgehead atoms. The smallest absolute Gasteiger partial charge is 0.257 e. The number of aromatic hydroxyl groups is 1. The van der Waals surface area contributed by atoms with Crippen LogP contribution in [0.2, 0.25) is 0 Å². The Labute approximate surface area is 202 Å². The number of anilines is 3. The van der Waals surface area contributed by atoms with E-state index in [4.69, 9.17) is 9.47 Å². The summed E-state index contributed by atoms with van der Waals surface area (Å²) < 4.78 is 10.7. The maximum absolute atomic E-state index is 12.9. The summed E-state index contributed by atoms with van der Waals surface area (Å²) in [5, 5.41) is 15.8. The summed E-state index contributed by atoms with van der Waals surface area (Å²) in [4.78, 5) is 29.9. The quantitative estimate of drug-likeness (QED) is 0.504. The van der Waals surface area contributed by atoms with Crippen molar-refractivity contribution in [3.63, 3.8) is 0 Å². The van der Waals surface area contributed by atoms with Gasteiger partial charge in [0.05, 0.1) is 23.5 Å². The lowest BCUT2D eigenvalue weighted by Crippen LogP contribution is -2.48. The summed E-state index contributed by atoms with van der Waals surface area (Å²) in [6.45, 7) is 3.17. The molecule has 180 valence electrons. The number of phenols is 1. The highest BCUT2D eigenvalue weighted by atomic mass is 16.7. The number of ether oxygens (including phenoxy) is 2. The number of nitrogens with one attached hydrogen (secondary N) is 2. The third-order valence-corrected chi connectivity index (χ3v) is 6.04. The number of hydrogen-bond acceptors (Lipinski definition) is 7. The molecule has 0 radical (unpaired) electrons. The highest BCUT2D eigenvalue weighted by Gasteiger charge is 2.22. The number of rotatable bonds is 6. The van der Waals surface area contributed by atoms with Gasteiger partial charge in [-0.3, -0.25) is 14.5 Å². The molecule has 1 saturated heterocycles. The Balaban J connectivity index is 1.18. The van der Waals surface area contributed by atoms with Gasteiger partial charge in [-0.05, 0) is 36.4 Å². The van der Waals surface area contributed by atoms with E-state index in [0.29, 0.717) is 54.6 Å². The lowest BCUT2D eigenvalue weighted by molar-refractivity contribution is -0.117. The maximum Gasteiger partial charge on any atom is 0.257 e. The molecule has 1 fully saturated rings. The molecule has 0 atom stereocenters. The van der Waals surface area contributed by atoms with E-state index in [1.165, 1.54) is 0 Å². The number of amides is 2. The van der Waals surface area contributed by atoms with Gasteiger partial charge < -0.3 is 30.1 Å². The van der Waals surface area contributed by atoms with Crippen molar-refractivity contribution in [2.75, 3.05) is 55.1 Å². The number of fused-ring (bicyclic) bond motifs is 1. The minimum atomic E-state index is -0.337. The van der Waals surface area contributed by atoms with Crippen LogP contribution in [0.25, 0.3) is 0 Å². The van der Waals surface area contributed by atoms with Crippen LogP contribution in [-0.4, -0.2) is 61.3 Å². The molecule has 0 unspecified atom stereocenters. The molecule has 2 heterocycles. The zero-order chi connectivity index (χ0) is 24.2. The van der Waals surface area contributed by atoms with Crippen molar-refractivity contribution in [1.82, 2.24) is 4.90 Å². The first kappa shape index (κ1) is 22.5. The van der Waals surface area contributed by atoms with Gasteiger partial charge in [0.2, 0.25) is 12.7 Å². The van der Waals surface area contributed by atoms with E-state index < -0.39 is 0 Å². The summed E-state index contributed by atoms with van der Waals surface area (Å²) in [5.74, 6) is 0.943. The van der Waals surface area contributed by atoms with E-state index in [9.17, 15) is 14.7 Å². The number of phenolic OH excluding ortho intramolecular Hbond substituents is 1. The van der Waals surface area contributed by atoms with Crippen LogP contribution in [0.4, 0.5) is 17.1 Å². The predicted octanol–water partition coefficient (Wildman–Crippen LogP) is 3.13. The van der Waals surface area contributed by atoms with Crippen molar-refractivity contribution in [2.24, 2.45) is 0 Å². The van der Waals surface area contributed by atoms with Crippen LogP contribution in [0.15, 0.2) is 66.7 Å². The molecule has 2 aliphatic rings. The Morgan fingerprint density at radius 3 is 2.43 bits per heavy atom. The zero-order valence-electron chi connectivity index (χ0n) is 19.1. The first-order valence-corrected chi connectivity index (χ1v) is 11.4. The fourth-order valence-corrected chi connectivity index (χ4v) is 4.23. The third-order valence-electron chi connectivity index (χ3n) is 6.04. The molecule has 9 heteroatoms. The molecule has 5 rings (SSSR count). The number of nitrogens with zero attached hydrogens (tertiary/aromatic N) is 2. The Morgan fingerprint density at radius 1 is 0.857 bits per heavy atom. The summed E-state index contributed by atoms with van der Waals surface area (Å²) >= 11 is 0. The number of carbonyl (C=O) groups is 2. The third kappa shape index (κ3) is 5.15. The lowest BCUT2D eigenvalue weighted by Gasteiger charge is -2.35. The molecule has 0 aromatic heterocycles. The van der Waals surface area contributed by atoms with Gasteiger partial charge in [-0.1, -0.05) is 24.3 Å². The Hall–Kier alpha value is -4.24. The number of para-hydroxylation sites is 3. The summed E-state index contributed by atoms with van der Waals surface area (Å²) in [7, 11) is 0. The molecule has 0 aliphatic carbocycles. The molecule has 35 heavy (non-hydrogen) atoms. The number of carbonyl (C=O) groups excluding carboxylic acids is 2. The van der Waals surface area contributed by atoms with Crippen LogP contribution in [0.1, 0.15) is 10.4 Å². The van der Waals surface area contributed by atoms with Gasteiger partial charge in [0.1, 0.15) is 5.75 Å². The average molecular weight is 475 g/mol. The van der Waals surface area contributed by atoms with Crippen LogP contribution in [-0.2, 0) is 4.79 Å². The highest BCUT2D eigenvalue weighted by molar-refractivity contribution is 6.10. The number of piperazine rings is 1. The second-order valence-corrected chi connectivity index (χ2v) is 8.37. The van der Waals surface area contributed by atoms with Gasteiger partial charge in [-0.15, -0.1) is 0 Å². The SMILES string of the molecule is O=C(CN1CCN(c2ccccc2O)CC1)Nc1ccccc1C(=O)Nc1ccc2c(c1)OCO2. The van der Waals surface area contributed by atoms with Gasteiger partial charge in [-0.2, -0.15) is 0 Å². The van der Waals surface area contributed by atoms with E-state index in [2.05, 4.69) is 20.4 Å². The second kappa shape index (κ2) is 9.94. The monoisotopic (exact) mass is 474 g/mol. The molecule has 0 saturated carbocycles.